The van der Waals surface area contributed by atoms with E-state index in [9.17, 15) is 14.7 Å². The van der Waals surface area contributed by atoms with Crippen molar-refractivity contribution in [3.05, 3.63) is 59.7 Å². The van der Waals surface area contributed by atoms with Crippen molar-refractivity contribution in [2.75, 3.05) is 38.7 Å². The highest BCUT2D eigenvalue weighted by Gasteiger charge is 2.30. The maximum absolute atomic E-state index is 14.2. The topological polar surface area (TPSA) is 103 Å². The van der Waals surface area contributed by atoms with E-state index in [1.54, 1.807) is 23.1 Å². The van der Waals surface area contributed by atoms with Gasteiger partial charge < -0.3 is 30.1 Å². The molecule has 4 atom stereocenters. The summed E-state index contributed by atoms with van der Waals surface area (Å²) < 4.78 is 12.7. The van der Waals surface area contributed by atoms with Crippen LogP contribution in [0.1, 0.15) is 69.8 Å². The van der Waals surface area contributed by atoms with Crippen LogP contribution in [0.5, 0.6) is 5.75 Å². The van der Waals surface area contributed by atoms with E-state index in [0.717, 1.165) is 25.8 Å². The molecule has 1 aliphatic rings. The van der Waals surface area contributed by atoms with Crippen molar-refractivity contribution in [2.45, 2.75) is 84.7 Å². The maximum atomic E-state index is 14.2. The third kappa shape index (κ3) is 10.3. The average molecular weight is 583 g/mol. The van der Waals surface area contributed by atoms with Crippen molar-refractivity contribution in [2.24, 2.45) is 5.92 Å². The lowest BCUT2D eigenvalue weighted by Crippen LogP contribution is -2.47. The second kappa shape index (κ2) is 16.5. The molecule has 3 amide bonds. The predicted molar refractivity (Wildman–Crippen MR) is 167 cm³/mol. The van der Waals surface area contributed by atoms with Crippen LogP contribution in [0.4, 0.5) is 10.5 Å². The Bertz CT molecular complexity index is 1130. The zero-order chi connectivity index (χ0) is 30.6. The van der Waals surface area contributed by atoms with Gasteiger partial charge in [0.1, 0.15) is 5.75 Å². The Balaban J connectivity index is 1.90. The highest BCUT2D eigenvalue weighted by atomic mass is 16.5. The first-order valence-corrected chi connectivity index (χ1v) is 15.2. The molecular formula is C33H50N4O5. The Kier molecular flexibility index (Phi) is 13.1. The number of fused-ring (bicyclic) bond motifs is 1. The first kappa shape index (κ1) is 33.4. The lowest BCUT2D eigenvalue weighted by atomic mass is 10.0. The number of likely N-dealkylation sites (N-methyl/N-ethyl adjacent to an activating group) is 1. The monoisotopic (exact) mass is 582 g/mol. The molecule has 3 N–H and O–H groups in total. The van der Waals surface area contributed by atoms with Gasteiger partial charge >= 0.3 is 6.03 Å². The van der Waals surface area contributed by atoms with Crippen LogP contribution in [-0.4, -0.2) is 84.5 Å². The molecule has 0 fully saturated rings. The van der Waals surface area contributed by atoms with Crippen LogP contribution in [0.2, 0.25) is 0 Å². The maximum Gasteiger partial charge on any atom is 0.319 e. The molecule has 0 spiro atoms. The fourth-order valence-corrected chi connectivity index (χ4v) is 5.16. The Labute approximate surface area is 251 Å². The van der Waals surface area contributed by atoms with E-state index >= 15 is 0 Å². The molecule has 1 aliphatic heterocycles. The molecule has 2 aromatic carbocycles. The van der Waals surface area contributed by atoms with Crippen LogP contribution < -0.4 is 15.4 Å². The number of amides is 3. The van der Waals surface area contributed by atoms with Crippen molar-refractivity contribution in [3.8, 4) is 5.75 Å². The molecule has 9 nitrogen and oxygen atoms in total. The number of carbonyl (C=O) groups is 2. The van der Waals surface area contributed by atoms with Gasteiger partial charge in [-0.1, -0.05) is 37.3 Å². The third-order valence-electron chi connectivity index (χ3n) is 7.52. The van der Waals surface area contributed by atoms with Gasteiger partial charge in [0.25, 0.3) is 5.91 Å². The number of ether oxygens (including phenoxy) is 2. The number of nitrogens with one attached hydrogen (secondary N) is 2. The Morgan fingerprint density at radius 3 is 2.55 bits per heavy atom. The molecule has 2 aromatic rings. The van der Waals surface area contributed by atoms with Crippen molar-refractivity contribution in [1.82, 2.24) is 15.1 Å². The Morgan fingerprint density at radius 2 is 1.86 bits per heavy atom. The first-order valence-electron chi connectivity index (χ1n) is 15.2. The van der Waals surface area contributed by atoms with E-state index in [4.69, 9.17) is 9.47 Å². The van der Waals surface area contributed by atoms with Crippen LogP contribution in [0.25, 0.3) is 0 Å². The molecular weight excluding hydrogens is 532 g/mol. The lowest BCUT2D eigenvalue weighted by molar-refractivity contribution is -0.0177. The van der Waals surface area contributed by atoms with E-state index in [-0.39, 0.29) is 42.7 Å². The number of carbonyl (C=O) groups excluding carboxylic acids is 2. The van der Waals surface area contributed by atoms with Gasteiger partial charge in [-0.2, -0.15) is 0 Å². The van der Waals surface area contributed by atoms with Crippen LogP contribution in [-0.2, 0) is 11.3 Å². The fraction of sp³-hybridized carbons (Fsp3) is 0.576. The summed E-state index contributed by atoms with van der Waals surface area (Å²) in [6.07, 6.45) is 2.45. The number of aliphatic hydroxyl groups is 1. The average Bonchev–Trinajstić information content (AvgIpc) is 2.94. The summed E-state index contributed by atoms with van der Waals surface area (Å²) in [5.41, 5.74) is 2.08. The van der Waals surface area contributed by atoms with E-state index < -0.39 is 6.04 Å². The van der Waals surface area contributed by atoms with Gasteiger partial charge in [0, 0.05) is 43.9 Å². The highest BCUT2D eigenvalue weighted by molar-refractivity contribution is 5.99. The molecule has 0 saturated carbocycles. The summed E-state index contributed by atoms with van der Waals surface area (Å²) in [6, 6.07) is 14.7. The van der Waals surface area contributed by atoms with E-state index in [0.29, 0.717) is 36.7 Å². The third-order valence-corrected chi connectivity index (χ3v) is 7.52. The van der Waals surface area contributed by atoms with Crippen molar-refractivity contribution < 1.29 is 24.2 Å². The van der Waals surface area contributed by atoms with Gasteiger partial charge in [-0.25, -0.2) is 4.79 Å². The summed E-state index contributed by atoms with van der Waals surface area (Å²) in [5.74, 6) is 0.204. The standard InChI is InChI=1S/C33H50N4O5/c1-23(2)34-33(40)35-28-15-16-30-29(18-28)32(39)37(25(4)22-38)19-24(3)31(41-17-11-10-12-26(5)42-30)21-36(6)20-27-13-8-7-9-14-27/h7-9,13-16,18,23-26,31,38H,10-12,17,19-22H2,1-6H3,(H2,34,35,40)/t24-,25-,26-,31-/m1/s1. The van der Waals surface area contributed by atoms with E-state index in [2.05, 4.69) is 41.6 Å². The van der Waals surface area contributed by atoms with Crippen LogP contribution in [0.3, 0.4) is 0 Å². The second-order valence-electron chi connectivity index (χ2n) is 11.9. The molecule has 0 unspecified atom stereocenters. The summed E-state index contributed by atoms with van der Waals surface area (Å²) in [5, 5.41) is 15.8. The van der Waals surface area contributed by atoms with Gasteiger partial charge in [0.05, 0.1) is 30.4 Å². The number of nitrogens with zero attached hydrogens (tertiary/aromatic N) is 2. The van der Waals surface area contributed by atoms with Gasteiger partial charge in [-0.05, 0) is 77.8 Å². The number of anilines is 1. The smallest absolute Gasteiger partial charge is 0.319 e. The summed E-state index contributed by atoms with van der Waals surface area (Å²) in [7, 11) is 2.09. The largest absolute Gasteiger partial charge is 0.490 e. The molecule has 0 saturated heterocycles. The lowest BCUT2D eigenvalue weighted by Gasteiger charge is -2.36. The molecule has 42 heavy (non-hydrogen) atoms. The molecule has 1 heterocycles. The van der Waals surface area contributed by atoms with Gasteiger partial charge in [0.2, 0.25) is 0 Å². The SMILES string of the molecule is CC(C)NC(=O)Nc1ccc2c(c1)C(=O)N([C@H](C)CO)C[C@@H](C)[C@@H](CN(C)Cc1ccccc1)OCCCC[C@@H](C)O2. The molecule has 232 valence electrons. The summed E-state index contributed by atoms with van der Waals surface area (Å²) in [4.78, 5) is 30.6. The van der Waals surface area contributed by atoms with Gasteiger partial charge in [-0.15, -0.1) is 0 Å². The number of hydrogen-bond acceptors (Lipinski definition) is 6. The number of urea groups is 1. The van der Waals surface area contributed by atoms with E-state index in [1.807, 2.05) is 45.9 Å². The van der Waals surface area contributed by atoms with Crippen molar-refractivity contribution >= 4 is 17.6 Å². The Hall–Kier alpha value is -3.14. The number of hydrogen-bond donors (Lipinski definition) is 3. The number of benzene rings is 2. The minimum absolute atomic E-state index is 0.00877. The zero-order valence-electron chi connectivity index (χ0n) is 26.1. The van der Waals surface area contributed by atoms with Gasteiger partial charge in [-0.3, -0.25) is 9.69 Å². The van der Waals surface area contributed by atoms with Gasteiger partial charge in [0.15, 0.2) is 0 Å². The molecule has 0 bridgehead atoms. The predicted octanol–water partition coefficient (Wildman–Crippen LogP) is 5.14. The van der Waals surface area contributed by atoms with E-state index in [1.165, 1.54) is 5.56 Å². The van der Waals surface area contributed by atoms with Crippen molar-refractivity contribution in [1.29, 1.82) is 0 Å². The minimum atomic E-state index is -0.429. The summed E-state index contributed by atoms with van der Waals surface area (Å²) >= 11 is 0. The Morgan fingerprint density at radius 1 is 1.12 bits per heavy atom. The van der Waals surface area contributed by atoms with Crippen LogP contribution in [0.15, 0.2) is 48.5 Å². The highest BCUT2D eigenvalue weighted by Crippen LogP contribution is 2.28. The molecule has 0 radical (unpaired) electrons. The molecule has 9 heteroatoms. The normalized spacial score (nSPS) is 21.3. The first-order chi connectivity index (χ1) is 20.1. The zero-order valence-corrected chi connectivity index (χ0v) is 26.1. The quantitative estimate of drug-likeness (QED) is 0.398. The second-order valence-corrected chi connectivity index (χ2v) is 11.9. The van der Waals surface area contributed by atoms with Crippen LogP contribution >= 0.6 is 0 Å². The molecule has 0 aliphatic carbocycles. The van der Waals surface area contributed by atoms with Crippen LogP contribution in [0, 0.1) is 5.92 Å². The molecule has 0 aromatic heterocycles. The minimum Gasteiger partial charge on any atom is -0.490 e. The summed E-state index contributed by atoms with van der Waals surface area (Å²) in [6.45, 7) is 12.1. The molecule has 3 rings (SSSR count). The number of rotatable bonds is 8. The van der Waals surface area contributed by atoms with Crippen molar-refractivity contribution in [3.63, 3.8) is 0 Å². The fourth-order valence-electron chi connectivity index (χ4n) is 5.16. The number of aliphatic hydroxyl groups excluding tert-OH is 1.